The Labute approximate surface area is 105 Å². The summed E-state index contributed by atoms with van der Waals surface area (Å²) in [5.41, 5.74) is 0.792. The molecule has 0 aromatic heterocycles. The number of benzene rings is 1. The summed E-state index contributed by atoms with van der Waals surface area (Å²) in [6, 6.07) is 8.22. The minimum atomic E-state index is 0.204. The van der Waals surface area contributed by atoms with Crippen molar-refractivity contribution in [3.8, 4) is 0 Å². The van der Waals surface area contributed by atoms with Crippen molar-refractivity contribution in [3.05, 3.63) is 34.3 Å². The molecule has 1 aromatic carbocycles. The molecule has 0 aliphatic heterocycles. The molecule has 3 heteroatoms. The third kappa shape index (κ3) is 2.71. The molecule has 2 nitrogen and oxygen atoms in total. The maximum Gasteiger partial charge on any atom is 0.176 e. The quantitative estimate of drug-likeness (QED) is 0.791. The van der Waals surface area contributed by atoms with Gasteiger partial charge >= 0.3 is 0 Å². The summed E-state index contributed by atoms with van der Waals surface area (Å²) in [7, 11) is 2.04. The molecule has 0 atom stereocenters. The highest BCUT2D eigenvalue weighted by atomic mass is 79.9. The molecule has 0 radical (unpaired) electrons. The number of nitrogens with zero attached hydrogens (tertiary/aromatic N) is 1. The Balaban J connectivity index is 1.96. The smallest absolute Gasteiger partial charge is 0.176 e. The highest BCUT2D eigenvalue weighted by molar-refractivity contribution is 9.10. The molecule has 86 valence electrons. The average Bonchev–Trinajstić information content (AvgIpc) is 2.14. The van der Waals surface area contributed by atoms with Gasteiger partial charge in [-0.05, 0) is 32.0 Å². The molecule has 0 bridgehead atoms. The monoisotopic (exact) mass is 281 g/mol. The first kappa shape index (κ1) is 11.8. The van der Waals surface area contributed by atoms with Crippen molar-refractivity contribution >= 4 is 21.7 Å². The molecule has 0 unspecified atom stereocenters. The number of ketones is 1. The van der Waals surface area contributed by atoms with Crippen LogP contribution in [0.2, 0.25) is 0 Å². The zero-order valence-corrected chi connectivity index (χ0v) is 11.0. The van der Waals surface area contributed by atoms with Gasteiger partial charge in [0, 0.05) is 16.1 Å². The zero-order valence-electron chi connectivity index (χ0n) is 9.45. The minimum absolute atomic E-state index is 0.204. The Hall–Kier alpha value is -0.670. The van der Waals surface area contributed by atoms with Crippen molar-refractivity contribution in [2.75, 3.05) is 13.6 Å². The molecule has 1 aromatic rings. The fraction of sp³-hybridized carbons (Fsp3) is 0.462. The van der Waals surface area contributed by atoms with Crippen LogP contribution < -0.4 is 0 Å². The van der Waals surface area contributed by atoms with Crippen LogP contribution in [0.1, 0.15) is 29.6 Å². The first-order chi connectivity index (χ1) is 7.66. The van der Waals surface area contributed by atoms with Crippen LogP contribution in [0.5, 0.6) is 0 Å². The minimum Gasteiger partial charge on any atom is -0.296 e. The van der Waals surface area contributed by atoms with Crippen LogP contribution in [0.15, 0.2) is 28.7 Å². The third-order valence-corrected chi connectivity index (χ3v) is 3.73. The number of hydrogen-bond acceptors (Lipinski definition) is 2. The Morgan fingerprint density at radius 3 is 2.81 bits per heavy atom. The van der Waals surface area contributed by atoms with Crippen LogP contribution in [0.3, 0.4) is 0 Å². The molecule has 0 amide bonds. The first-order valence-corrected chi connectivity index (χ1v) is 6.45. The van der Waals surface area contributed by atoms with Crippen LogP contribution in [0.25, 0.3) is 0 Å². The van der Waals surface area contributed by atoms with E-state index >= 15 is 0 Å². The zero-order chi connectivity index (χ0) is 11.5. The molecule has 1 saturated carbocycles. The molecule has 1 aliphatic carbocycles. The SMILES string of the molecule is CN(CC(=O)c1cccc(Br)c1)C1CCC1. The number of halogens is 1. The van der Waals surface area contributed by atoms with Gasteiger partial charge < -0.3 is 0 Å². The summed E-state index contributed by atoms with van der Waals surface area (Å²) in [5.74, 6) is 0.204. The van der Waals surface area contributed by atoms with Crippen LogP contribution in [-0.2, 0) is 0 Å². The number of Topliss-reactive ketones (excluding diaryl/α,β-unsaturated/α-hetero) is 1. The summed E-state index contributed by atoms with van der Waals surface area (Å²) in [4.78, 5) is 14.2. The first-order valence-electron chi connectivity index (χ1n) is 5.66. The van der Waals surface area contributed by atoms with Crippen molar-refractivity contribution in [2.24, 2.45) is 0 Å². The van der Waals surface area contributed by atoms with Gasteiger partial charge in [0.2, 0.25) is 0 Å². The van der Waals surface area contributed by atoms with E-state index in [2.05, 4.69) is 20.8 Å². The normalized spacial score (nSPS) is 16.2. The van der Waals surface area contributed by atoms with Gasteiger partial charge in [-0.3, -0.25) is 9.69 Å². The van der Waals surface area contributed by atoms with Gasteiger partial charge in [0.25, 0.3) is 0 Å². The number of rotatable bonds is 4. The topological polar surface area (TPSA) is 20.3 Å². The predicted octanol–water partition coefficient (Wildman–Crippen LogP) is 3.12. The van der Waals surface area contributed by atoms with Gasteiger partial charge in [0.05, 0.1) is 6.54 Å². The largest absolute Gasteiger partial charge is 0.296 e. The molecule has 2 rings (SSSR count). The fourth-order valence-corrected chi connectivity index (χ4v) is 2.34. The molecule has 1 aliphatic rings. The lowest BCUT2D eigenvalue weighted by Crippen LogP contribution is -2.40. The van der Waals surface area contributed by atoms with E-state index in [0.29, 0.717) is 12.6 Å². The lowest BCUT2D eigenvalue weighted by atomic mass is 9.91. The molecule has 16 heavy (non-hydrogen) atoms. The van der Waals surface area contributed by atoms with Crippen LogP contribution in [-0.4, -0.2) is 30.3 Å². The van der Waals surface area contributed by atoms with E-state index in [1.807, 2.05) is 31.3 Å². The highest BCUT2D eigenvalue weighted by Crippen LogP contribution is 2.23. The maximum atomic E-state index is 12.0. The Kier molecular flexibility index (Phi) is 3.77. The van der Waals surface area contributed by atoms with Crippen molar-refractivity contribution in [2.45, 2.75) is 25.3 Å². The predicted molar refractivity (Wildman–Crippen MR) is 68.7 cm³/mol. The molecule has 0 spiro atoms. The van der Waals surface area contributed by atoms with Gasteiger partial charge in [-0.2, -0.15) is 0 Å². The number of hydrogen-bond donors (Lipinski definition) is 0. The van der Waals surface area contributed by atoms with E-state index in [9.17, 15) is 4.79 Å². The van der Waals surface area contributed by atoms with E-state index in [0.717, 1.165) is 10.0 Å². The van der Waals surface area contributed by atoms with Gasteiger partial charge in [-0.25, -0.2) is 0 Å². The fourth-order valence-electron chi connectivity index (χ4n) is 1.94. The van der Waals surface area contributed by atoms with Gasteiger partial charge in [0.1, 0.15) is 0 Å². The van der Waals surface area contributed by atoms with Crippen molar-refractivity contribution in [3.63, 3.8) is 0 Å². The Morgan fingerprint density at radius 1 is 1.50 bits per heavy atom. The van der Waals surface area contributed by atoms with E-state index < -0.39 is 0 Å². The van der Waals surface area contributed by atoms with Crippen LogP contribution in [0, 0.1) is 0 Å². The molecular weight excluding hydrogens is 266 g/mol. The van der Waals surface area contributed by atoms with Crippen molar-refractivity contribution < 1.29 is 4.79 Å². The Bertz CT molecular complexity index is 387. The lowest BCUT2D eigenvalue weighted by Gasteiger charge is -2.34. The van der Waals surface area contributed by atoms with Gasteiger partial charge in [0.15, 0.2) is 5.78 Å². The summed E-state index contributed by atoms with van der Waals surface area (Å²) >= 11 is 3.38. The summed E-state index contributed by atoms with van der Waals surface area (Å²) < 4.78 is 0.963. The molecule has 0 saturated heterocycles. The molecular formula is C13H16BrNO. The van der Waals surface area contributed by atoms with Crippen molar-refractivity contribution in [1.29, 1.82) is 0 Å². The Morgan fingerprint density at radius 2 is 2.25 bits per heavy atom. The maximum absolute atomic E-state index is 12.0. The molecule has 0 heterocycles. The summed E-state index contributed by atoms with van der Waals surface area (Å²) in [5, 5.41) is 0. The van der Waals surface area contributed by atoms with Crippen LogP contribution in [0.4, 0.5) is 0 Å². The second kappa shape index (κ2) is 5.11. The summed E-state index contributed by atoms with van der Waals surface area (Å²) in [6.07, 6.45) is 3.78. The van der Waals surface area contributed by atoms with E-state index in [4.69, 9.17) is 0 Å². The molecule has 0 N–H and O–H groups in total. The van der Waals surface area contributed by atoms with Crippen LogP contribution >= 0.6 is 15.9 Å². The summed E-state index contributed by atoms with van der Waals surface area (Å²) in [6.45, 7) is 0.529. The lowest BCUT2D eigenvalue weighted by molar-refractivity contribution is 0.0870. The van der Waals surface area contributed by atoms with E-state index in [1.165, 1.54) is 19.3 Å². The van der Waals surface area contributed by atoms with E-state index in [-0.39, 0.29) is 5.78 Å². The number of likely N-dealkylation sites (N-methyl/N-ethyl adjacent to an activating group) is 1. The van der Waals surface area contributed by atoms with Gasteiger partial charge in [-0.15, -0.1) is 0 Å². The molecule has 1 fully saturated rings. The third-order valence-electron chi connectivity index (χ3n) is 3.24. The number of carbonyl (C=O) groups is 1. The average molecular weight is 282 g/mol. The van der Waals surface area contributed by atoms with Gasteiger partial charge in [-0.1, -0.05) is 34.5 Å². The van der Waals surface area contributed by atoms with Crippen molar-refractivity contribution in [1.82, 2.24) is 4.90 Å². The standard InChI is InChI=1S/C13H16BrNO/c1-15(12-6-3-7-12)9-13(16)10-4-2-5-11(14)8-10/h2,4-5,8,12H,3,6-7,9H2,1H3. The highest BCUT2D eigenvalue weighted by Gasteiger charge is 2.23. The second-order valence-electron chi connectivity index (χ2n) is 4.43. The van der Waals surface area contributed by atoms with E-state index in [1.54, 1.807) is 0 Å². The number of carbonyl (C=O) groups excluding carboxylic acids is 1. The second-order valence-corrected chi connectivity index (χ2v) is 5.35.